The molecule has 0 spiro atoms. The molecule has 0 aliphatic carbocycles. The first kappa shape index (κ1) is 18.4. The maximum atomic E-state index is 13.9. The van der Waals surface area contributed by atoms with Gasteiger partial charge in [0.15, 0.2) is 5.11 Å². The molecule has 0 saturated heterocycles. The maximum Gasteiger partial charge on any atom is 0.419 e. The number of thiocarbonyl (C=S) groups is 1. The topological polar surface area (TPSA) is 24.1 Å². The molecule has 24 heavy (non-hydrogen) atoms. The molecule has 0 aliphatic heterocycles. The lowest BCUT2D eigenvalue weighted by molar-refractivity contribution is -0.140. The van der Waals surface area contributed by atoms with E-state index in [1.807, 2.05) is 0 Å². The molecule has 2 aromatic rings. The van der Waals surface area contributed by atoms with E-state index in [2.05, 4.69) is 10.6 Å². The van der Waals surface area contributed by atoms with Crippen LogP contribution in [0.5, 0.6) is 0 Å². The van der Waals surface area contributed by atoms with Crippen molar-refractivity contribution in [1.82, 2.24) is 5.32 Å². The van der Waals surface area contributed by atoms with E-state index in [1.54, 1.807) is 0 Å². The number of nitrogens with one attached hydrogen (secondary N) is 2. The van der Waals surface area contributed by atoms with Gasteiger partial charge in [-0.25, -0.2) is 8.78 Å². The summed E-state index contributed by atoms with van der Waals surface area (Å²) in [6.45, 7) is -0.253. The minimum atomic E-state index is -4.77. The summed E-state index contributed by atoms with van der Waals surface area (Å²) in [6, 6.07) is 6.78. The Labute approximate surface area is 144 Å². The van der Waals surface area contributed by atoms with Crippen LogP contribution in [0.1, 0.15) is 11.1 Å². The summed E-state index contributed by atoms with van der Waals surface area (Å²) >= 11 is 10.6. The number of benzene rings is 2. The summed E-state index contributed by atoms with van der Waals surface area (Å²) < 4.78 is 64.8. The normalized spacial score (nSPS) is 11.2. The number of alkyl halides is 3. The summed E-state index contributed by atoms with van der Waals surface area (Å²) in [5, 5.41) is 5.15. The minimum absolute atomic E-state index is 0.0227. The summed E-state index contributed by atoms with van der Waals surface area (Å²) in [5.74, 6) is -1.96. The lowest BCUT2D eigenvalue weighted by atomic mass is 10.1. The number of rotatable bonds is 3. The molecular formula is C15H10ClF5N2S. The predicted octanol–water partition coefficient (Wildman–Crippen LogP) is 5.12. The van der Waals surface area contributed by atoms with E-state index < -0.39 is 23.4 Å². The SMILES string of the molecule is Fc1ccc(NC(=S)NCc2cccc(C(F)(F)F)c2F)cc1Cl. The smallest absolute Gasteiger partial charge is 0.358 e. The molecule has 0 amide bonds. The van der Waals surface area contributed by atoms with Gasteiger partial charge in [-0.2, -0.15) is 13.2 Å². The molecule has 2 nitrogen and oxygen atoms in total. The van der Waals surface area contributed by atoms with Crippen molar-refractivity contribution < 1.29 is 22.0 Å². The molecule has 9 heteroatoms. The van der Waals surface area contributed by atoms with E-state index in [0.29, 0.717) is 11.8 Å². The maximum absolute atomic E-state index is 13.9. The van der Waals surface area contributed by atoms with Crippen LogP contribution < -0.4 is 10.6 Å². The molecule has 2 aromatic carbocycles. The van der Waals surface area contributed by atoms with Crippen molar-refractivity contribution in [2.45, 2.75) is 12.7 Å². The lowest BCUT2D eigenvalue weighted by Gasteiger charge is -2.14. The number of anilines is 1. The van der Waals surface area contributed by atoms with Gasteiger partial charge < -0.3 is 10.6 Å². The fourth-order valence-electron chi connectivity index (χ4n) is 1.86. The van der Waals surface area contributed by atoms with E-state index in [9.17, 15) is 22.0 Å². The van der Waals surface area contributed by atoms with Gasteiger partial charge in [0.25, 0.3) is 0 Å². The van der Waals surface area contributed by atoms with Crippen LogP contribution in [0.4, 0.5) is 27.6 Å². The van der Waals surface area contributed by atoms with Crippen LogP contribution >= 0.6 is 23.8 Å². The van der Waals surface area contributed by atoms with Gasteiger partial charge >= 0.3 is 6.18 Å². The van der Waals surface area contributed by atoms with Crippen LogP contribution in [0.25, 0.3) is 0 Å². The molecule has 2 N–H and O–H groups in total. The molecule has 0 fully saturated rings. The number of halogens is 6. The molecule has 2 rings (SSSR count). The third-order valence-corrected chi connectivity index (χ3v) is 3.54. The fraction of sp³-hybridized carbons (Fsp3) is 0.133. The van der Waals surface area contributed by atoms with Crippen molar-refractivity contribution in [2.75, 3.05) is 5.32 Å². The van der Waals surface area contributed by atoms with Crippen molar-refractivity contribution in [2.24, 2.45) is 0 Å². The first-order chi connectivity index (χ1) is 11.2. The molecule has 0 radical (unpaired) electrons. The molecular weight excluding hydrogens is 371 g/mol. The van der Waals surface area contributed by atoms with Crippen LogP contribution in [0.15, 0.2) is 36.4 Å². The summed E-state index contributed by atoms with van der Waals surface area (Å²) in [5.41, 5.74) is -1.15. The second kappa shape index (κ2) is 7.31. The van der Waals surface area contributed by atoms with Crippen LogP contribution in [0.3, 0.4) is 0 Å². The van der Waals surface area contributed by atoms with Gasteiger partial charge in [0.1, 0.15) is 11.6 Å². The highest BCUT2D eigenvalue weighted by Crippen LogP contribution is 2.32. The quantitative estimate of drug-likeness (QED) is 0.570. The van der Waals surface area contributed by atoms with E-state index >= 15 is 0 Å². The molecule has 0 bridgehead atoms. The summed E-state index contributed by atoms with van der Waals surface area (Å²) in [7, 11) is 0. The minimum Gasteiger partial charge on any atom is -0.358 e. The van der Waals surface area contributed by atoms with Gasteiger partial charge in [-0.3, -0.25) is 0 Å². The average molecular weight is 381 g/mol. The molecule has 0 unspecified atom stereocenters. The van der Waals surface area contributed by atoms with E-state index in [4.69, 9.17) is 23.8 Å². The van der Waals surface area contributed by atoms with Crippen LogP contribution in [0.2, 0.25) is 5.02 Å². The number of hydrogen-bond donors (Lipinski definition) is 2. The molecule has 0 heterocycles. The Kier molecular flexibility index (Phi) is 5.61. The van der Waals surface area contributed by atoms with Crippen molar-refractivity contribution in [3.8, 4) is 0 Å². The van der Waals surface area contributed by atoms with Gasteiger partial charge in [0.05, 0.1) is 10.6 Å². The second-order valence-electron chi connectivity index (χ2n) is 4.71. The Morgan fingerprint density at radius 1 is 1.12 bits per heavy atom. The fourth-order valence-corrected chi connectivity index (χ4v) is 2.23. The predicted molar refractivity (Wildman–Crippen MR) is 85.9 cm³/mol. The van der Waals surface area contributed by atoms with Crippen molar-refractivity contribution in [3.63, 3.8) is 0 Å². The Hall–Kier alpha value is -1.93. The Balaban J connectivity index is 2.03. The molecule has 0 aromatic heterocycles. The van der Waals surface area contributed by atoms with Crippen molar-refractivity contribution in [3.05, 3.63) is 64.2 Å². The Morgan fingerprint density at radius 3 is 2.46 bits per heavy atom. The first-order valence-electron chi connectivity index (χ1n) is 6.53. The zero-order valence-electron chi connectivity index (χ0n) is 11.8. The molecule has 0 atom stereocenters. The zero-order valence-corrected chi connectivity index (χ0v) is 13.4. The zero-order chi connectivity index (χ0) is 17.9. The van der Waals surface area contributed by atoms with E-state index in [0.717, 1.165) is 12.1 Å². The standard InChI is InChI=1S/C15H10ClF5N2S/c16-11-6-9(4-5-12(11)17)23-14(24)22-7-8-2-1-3-10(13(8)18)15(19,20)21/h1-6H,7H2,(H2,22,23,24). The lowest BCUT2D eigenvalue weighted by Crippen LogP contribution is -2.28. The summed E-state index contributed by atoms with van der Waals surface area (Å²) in [4.78, 5) is 0. The highest BCUT2D eigenvalue weighted by atomic mass is 35.5. The van der Waals surface area contributed by atoms with Crippen LogP contribution in [-0.2, 0) is 12.7 Å². The average Bonchev–Trinajstić information content (AvgIpc) is 2.49. The monoisotopic (exact) mass is 380 g/mol. The highest BCUT2D eigenvalue weighted by Gasteiger charge is 2.34. The molecule has 0 aliphatic rings. The molecule has 128 valence electrons. The molecule has 0 saturated carbocycles. The van der Waals surface area contributed by atoms with E-state index in [-0.39, 0.29) is 22.2 Å². The second-order valence-corrected chi connectivity index (χ2v) is 5.53. The highest BCUT2D eigenvalue weighted by molar-refractivity contribution is 7.80. The van der Waals surface area contributed by atoms with Gasteiger partial charge in [-0.05, 0) is 36.5 Å². The Morgan fingerprint density at radius 2 is 1.83 bits per heavy atom. The van der Waals surface area contributed by atoms with Crippen LogP contribution in [-0.4, -0.2) is 5.11 Å². The van der Waals surface area contributed by atoms with Crippen molar-refractivity contribution >= 4 is 34.6 Å². The summed E-state index contributed by atoms with van der Waals surface area (Å²) in [6.07, 6.45) is -4.77. The number of hydrogen-bond acceptors (Lipinski definition) is 1. The van der Waals surface area contributed by atoms with Crippen LogP contribution in [0, 0.1) is 11.6 Å². The van der Waals surface area contributed by atoms with Gasteiger partial charge in [0, 0.05) is 17.8 Å². The van der Waals surface area contributed by atoms with Gasteiger partial charge in [-0.1, -0.05) is 23.7 Å². The van der Waals surface area contributed by atoms with Gasteiger partial charge in [-0.15, -0.1) is 0 Å². The third kappa shape index (κ3) is 4.55. The van der Waals surface area contributed by atoms with Gasteiger partial charge in [0.2, 0.25) is 0 Å². The third-order valence-electron chi connectivity index (χ3n) is 3.00. The van der Waals surface area contributed by atoms with E-state index in [1.165, 1.54) is 18.2 Å². The first-order valence-corrected chi connectivity index (χ1v) is 7.31. The van der Waals surface area contributed by atoms with Crippen molar-refractivity contribution in [1.29, 1.82) is 0 Å². The Bertz CT molecular complexity index is 764. The largest absolute Gasteiger partial charge is 0.419 e.